The Morgan fingerprint density at radius 2 is 1.62 bits per heavy atom. The molecule has 0 saturated carbocycles. The lowest BCUT2D eigenvalue weighted by atomic mass is 10.0. The Morgan fingerprint density at radius 3 is 2.44 bits per heavy atom. The van der Waals surface area contributed by atoms with Gasteiger partial charge in [-0.1, -0.05) is 36.4 Å². The van der Waals surface area contributed by atoms with E-state index in [-0.39, 0.29) is 0 Å². The van der Waals surface area contributed by atoms with Crippen LogP contribution in [0, 0.1) is 6.92 Å². The maximum Gasteiger partial charge on any atom is 0.0201 e. The summed E-state index contributed by atoms with van der Waals surface area (Å²) in [6, 6.07) is 13.1. The van der Waals surface area contributed by atoms with E-state index in [2.05, 4.69) is 54.5 Å². The zero-order valence-electron chi connectivity index (χ0n) is 9.04. The van der Waals surface area contributed by atoms with E-state index in [1.807, 2.05) is 0 Å². The van der Waals surface area contributed by atoms with Gasteiger partial charge in [0.15, 0.2) is 0 Å². The standard InChI is InChI=1S/C15H11N/c1-9-14-12-7-3-5-10-4-2-6-11(15(10)12)13(14)8-16-9/h2-8,16H,1H3. The summed E-state index contributed by atoms with van der Waals surface area (Å²) in [6.07, 6.45) is 2.12. The van der Waals surface area contributed by atoms with Gasteiger partial charge >= 0.3 is 0 Å². The Bertz CT molecular complexity index is 714. The maximum absolute atomic E-state index is 3.32. The van der Waals surface area contributed by atoms with Crippen LogP contribution in [0.4, 0.5) is 0 Å². The van der Waals surface area contributed by atoms with Crippen molar-refractivity contribution in [3.05, 3.63) is 48.3 Å². The van der Waals surface area contributed by atoms with Crippen LogP contribution in [-0.2, 0) is 0 Å². The van der Waals surface area contributed by atoms with E-state index >= 15 is 0 Å². The molecule has 76 valence electrons. The fourth-order valence-electron chi connectivity index (χ4n) is 2.86. The molecule has 0 atom stereocenters. The second-order valence-corrected chi connectivity index (χ2v) is 4.41. The fourth-order valence-corrected chi connectivity index (χ4v) is 2.86. The molecule has 1 N–H and O–H groups in total. The third-order valence-electron chi connectivity index (χ3n) is 3.54. The SMILES string of the molecule is Cc1[nH]cc2c1-c1cccc3cccc-2c13. The van der Waals surface area contributed by atoms with Crippen LogP contribution in [0.25, 0.3) is 33.0 Å². The predicted molar refractivity (Wildman–Crippen MR) is 67.5 cm³/mol. The number of hydrogen-bond acceptors (Lipinski definition) is 0. The Hall–Kier alpha value is -2.02. The first kappa shape index (κ1) is 8.17. The molecule has 3 aromatic rings. The van der Waals surface area contributed by atoms with Crippen molar-refractivity contribution in [2.24, 2.45) is 0 Å². The van der Waals surface area contributed by atoms with E-state index in [4.69, 9.17) is 0 Å². The molecule has 1 nitrogen and oxygen atoms in total. The monoisotopic (exact) mass is 205 g/mol. The normalized spacial score (nSPS) is 12.1. The van der Waals surface area contributed by atoms with E-state index in [1.54, 1.807) is 0 Å². The van der Waals surface area contributed by atoms with Crippen LogP contribution in [0.1, 0.15) is 5.69 Å². The molecule has 16 heavy (non-hydrogen) atoms. The number of hydrogen-bond donors (Lipinski definition) is 1. The molecule has 0 fully saturated rings. The highest BCUT2D eigenvalue weighted by Gasteiger charge is 2.23. The third-order valence-corrected chi connectivity index (χ3v) is 3.54. The molecule has 4 rings (SSSR count). The van der Waals surface area contributed by atoms with E-state index in [9.17, 15) is 0 Å². The highest BCUT2D eigenvalue weighted by molar-refractivity contribution is 6.15. The summed E-state index contributed by atoms with van der Waals surface area (Å²) in [6.45, 7) is 2.14. The van der Waals surface area contributed by atoms with Crippen molar-refractivity contribution in [1.29, 1.82) is 0 Å². The van der Waals surface area contributed by atoms with Gasteiger partial charge in [0, 0.05) is 23.0 Å². The molecular formula is C15H11N. The van der Waals surface area contributed by atoms with E-state index in [1.165, 1.54) is 38.7 Å². The molecule has 1 aliphatic carbocycles. The summed E-state index contributed by atoms with van der Waals surface area (Å²) in [5.74, 6) is 0. The third kappa shape index (κ3) is 0.782. The highest BCUT2D eigenvalue weighted by Crippen LogP contribution is 2.48. The van der Waals surface area contributed by atoms with E-state index < -0.39 is 0 Å². The minimum absolute atomic E-state index is 1.26. The quantitative estimate of drug-likeness (QED) is 0.444. The Balaban J connectivity index is 2.32. The Morgan fingerprint density at radius 1 is 0.875 bits per heavy atom. The van der Waals surface area contributed by atoms with Crippen molar-refractivity contribution in [1.82, 2.24) is 4.98 Å². The maximum atomic E-state index is 3.32. The minimum atomic E-state index is 1.26. The van der Waals surface area contributed by atoms with Crippen LogP contribution in [0.15, 0.2) is 42.6 Å². The molecule has 0 radical (unpaired) electrons. The molecule has 1 aromatic heterocycles. The van der Waals surface area contributed by atoms with Crippen molar-refractivity contribution in [3.8, 4) is 22.3 Å². The second-order valence-electron chi connectivity index (χ2n) is 4.41. The number of aromatic amines is 1. The smallest absolute Gasteiger partial charge is 0.0201 e. The summed E-state index contributed by atoms with van der Waals surface area (Å²) < 4.78 is 0. The summed E-state index contributed by atoms with van der Waals surface area (Å²) >= 11 is 0. The van der Waals surface area contributed by atoms with Gasteiger partial charge in [-0.15, -0.1) is 0 Å². The van der Waals surface area contributed by atoms with E-state index in [0.717, 1.165) is 0 Å². The van der Waals surface area contributed by atoms with Crippen molar-refractivity contribution in [2.75, 3.05) is 0 Å². The van der Waals surface area contributed by atoms with Crippen molar-refractivity contribution in [2.45, 2.75) is 6.92 Å². The molecular weight excluding hydrogens is 194 g/mol. The van der Waals surface area contributed by atoms with Crippen LogP contribution >= 0.6 is 0 Å². The number of aryl methyl sites for hydroxylation is 1. The van der Waals surface area contributed by atoms with Gasteiger partial charge in [-0.3, -0.25) is 0 Å². The number of nitrogens with one attached hydrogen (secondary N) is 1. The molecule has 0 aliphatic heterocycles. The van der Waals surface area contributed by atoms with Gasteiger partial charge in [-0.25, -0.2) is 0 Å². The number of aromatic nitrogens is 1. The highest BCUT2D eigenvalue weighted by atomic mass is 14.7. The number of benzene rings is 2. The summed E-state index contributed by atoms with van der Waals surface area (Å²) in [5, 5.41) is 2.75. The summed E-state index contributed by atoms with van der Waals surface area (Å²) in [7, 11) is 0. The molecule has 0 unspecified atom stereocenters. The van der Waals surface area contributed by atoms with Crippen LogP contribution in [0.5, 0.6) is 0 Å². The molecule has 1 heterocycles. The van der Waals surface area contributed by atoms with Crippen molar-refractivity contribution in [3.63, 3.8) is 0 Å². The summed E-state index contributed by atoms with van der Waals surface area (Å²) in [5.41, 5.74) is 6.74. The van der Waals surface area contributed by atoms with E-state index in [0.29, 0.717) is 0 Å². The molecule has 0 spiro atoms. The first-order valence-electron chi connectivity index (χ1n) is 5.57. The molecule has 1 aliphatic rings. The summed E-state index contributed by atoms with van der Waals surface area (Å²) in [4.78, 5) is 3.32. The lowest BCUT2D eigenvalue weighted by molar-refractivity contribution is 1.27. The van der Waals surface area contributed by atoms with Gasteiger partial charge in [0.25, 0.3) is 0 Å². The molecule has 0 amide bonds. The molecule has 1 heteroatoms. The molecule has 2 aromatic carbocycles. The van der Waals surface area contributed by atoms with Crippen molar-refractivity contribution >= 4 is 10.8 Å². The minimum Gasteiger partial charge on any atom is -0.364 e. The number of fused-ring (bicyclic) bond motifs is 3. The van der Waals surface area contributed by atoms with Gasteiger partial charge in [0.1, 0.15) is 0 Å². The topological polar surface area (TPSA) is 15.8 Å². The van der Waals surface area contributed by atoms with Gasteiger partial charge < -0.3 is 4.98 Å². The first-order chi connectivity index (χ1) is 7.86. The predicted octanol–water partition coefficient (Wildman–Crippen LogP) is 4.12. The van der Waals surface area contributed by atoms with Crippen LogP contribution in [0.2, 0.25) is 0 Å². The van der Waals surface area contributed by atoms with Gasteiger partial charge in [-0.2, -0.15) is 0 Å². The van der Waals surface area contributed by atoms with Crippen molar-refractivity contribution < 1.29 is 0 Å². The van der Waals surface area contributed by atoms with Crippen LogP contribution in [-0.4, -0.2) is 4.98 Å². The first-order valence-corrected chi connectivity index (χ1v) is 5.57. The number of rotatable bonds is 0. The van der Waals surface area contributed by atoms with Crippen LogP contribution in [0.3, 0.4) is 0 Å². The average molecular weight is 205 g/mol. The fraction of sp³-hybridized carbons (Fsp3) is 0.0667. The second kappa shape index (κ2) is 2.56. The lowest BCUT2D eigenvalue weighted by Crippen LogP contribution is -1.78. The molecule has 0 saturated heterocycles. The largest absolute Gasteiger partial charge is 0.364 e. The zero-order valence-corrected chi connectivity index (χ0v) is 9.04. The van der Waals surface area contributed by atoms with Gasteiger partial charge in [0.05, 0.1) is 0 Å². The number of H-pyrrole nitrogens is 1. The zero-order chi connectivity index (χ0) is 10.7. The Labute approximate surface area is 93.7 Å². The Kier molecular flexibility index (Phi) is 1.31. The lowest BCUT2D eigenvalue weighted by Gasteiger charge is -2.02. The average Bonchev–Trinajstić information content (AvgIpc) is 2.83. The van der Waals surface area contributed by atoms with Gasteiger partial charge in [-0.05, 0) is 28.8 Å². The van der Waals surface area contributed by atoms with Gasteiger partial charge in [0.2, 0.25) is 0 Å². The van der Waals surface area contributed by atoms with Crippen LogP contribution < -0.4 is 0 Å². The molecule has 0 bridgehead atoms.